The number of fused-ring (bicyclic) bond motifs is 1. The first kappa shape index (κ1) is 21.1. The number of allylic oxidation sites excluding steroid dienone is 1. The molecule has 3 aromatic rings. The van der Waals surface area contributed by atoms with Crippen molar-refractivity contribution in [2.75, 3.05) is 7.11 Å². The van der Waals surface area contributed by atoms with Crippen molar-refractivity contribution >= 4 is 28.7 Å². The average molecular weight is 463 g/mol. The van der Waals surface area contributed by atoms with E-state index in [2.05, 4.69) is 89.2 Å². The molecule has 0 bridgehead atoms. The predicted molar refractivity (Wildman–Crippen MR) is 142 cm³/mol. The Balaban J connectivity index is 1.47. The van der Waals surface area contributed by atoms with Gasteiger partial charge in [-0.05, 0) is 77.4 Å². The lowest BCUT2D eigenvalue weighted by Crippen LogP contribution is -2.34. The van der Waals surface area contributed by atoms with Gasteiger partial charge in [0.05, 0.1) is 24.5 Å². The summed E-state index contributed by atoms with van der Waals surface area (Å²) in [6.07, 6.45) is 5.60. The van der Waals surface area contributed by atoms with Crippen molar-refractivity contribution in [1.29, 1.82) is 0 Å². The van der Waals surface area contributed by atoms with Crippen LogP contribution in [-0.4, -0.2) is 17.2 Å². The quantitative estimate of drug-likeness (QED) is 0.398. The molecule has 0 aromatic heterocycles. The van der Waals surface area contributed by atoms with E-state index >= 15 is 0 Å². The van der Waals surface area contributed by atoms with Crippen LogP contribution in [0.15, 0.2) is 112 Å². The topological polar surface area (TPSA) is 24.8 Å². The lowest BCUT2D eigenvalue weighted by molar-refractivity contribution is 0.414. The Morgan fingerprint density at radius 1 is 0.912 bits per heavy atom. The highest BCUT2D eigenvalue weighted by atomic mass is 32.2. The van der Waals surface area contributed by atoms with Crippen LogP contribution in [0.3, 0.4) is 0 Å². The van der Waals surface area contributed by atoms with E-state index in [1.807, 2.05) is 12.1 Å². The molecular weight excluding hydrogens is 436 g/mol. The number of methoxy groups -OCH3 is 1. The molecule has 0 amide bonds. The van der Waals surface area contributed by atoms with Gasteiger partial charge in [0.2, 0.25) is 0 Å². The number of amidine groups is 1. The van der Waals surface area contributed by atoms with E-state index in [1.165, 1.54) is 39.2 Å². The first-order chi connectivity index (χ1) is 16.8. The summed E-state index contributed by atoms with van der Waals surface area (Å²) in [4.78, 5) is 7.71. The zero-order chi connectivity index (χ0) is 22.9. The van der Waals surface area contributed by atoms with Gasteiger partial charge in [-0.25, -0.2) is 4.99 Å². The summed E-state index contributed by atoms with van der Waals surface area (Å²) in [5.41, 5.74) is 8.88. The van der Waals surface area contributed by atoms with Crippen LogP contribution in [0.1, 0.15) is 42.0 Å². The number of nitrogens with zero attached hydrogens (tertiary/aromatic N) is 2. The van der Waals surface area contributed by atoms with Gasteiger partial charge in [0.25, 0.3) is 0 Å². The van der Waals surface area contributed by atoms with E-state index in [9.17, 15) is 0 Å². The Hall–Kier alpha value is -3.50. The van der Waals surface area contributed by atoms with Gasteiger partial charge < -0.3 is 9.64 Å². The van der Waals surface area contributed by atoms with Crippen LogP contribution >= 0.6 is 11.8 Å². The standard InChI is InChI=1S/C30H26N2OS/c1-33-25-17-15-22(16-18-25)27-20-34-30-31-28-24(19-21-9-4-2-5-10-21)13-8-14-26(28)29(32(27)30)23-11-6-3-7-12-23/h2-7,9-12,15-20,29H,8,13-14H2,1H3/b24-19+/t29-/m0/s1. The number of ether oxygens (including phenoxy) is 1. The third kappa shape index (κ3) is 3.78. The molecular formula is C30H26N2OS. The van der Waals surface area contributed by atoms with Crippen LogP contribution in [0.2, 0.25) is 0 Å². The largest absolute Gasteiger partial charge is 0.497 e. The minimum Gasteiger partial charge on any atom is -0.497 e. The van der Waals surface area contributed by atoms with Crippen molar-refractivity contribution in [1.82, 2.24) is 4.90 Å². The van der Waals surface area contributed by atoms with Crippen LogP contribution in [0.5, 0.6) is 5.75 Å². The molecule has 0 spiro atoms. The zero-order valence-electron chi connectivity index (χ0n) is 19.1. The molecule has 2 heterocycles. The summed E-state index contributed by atoms with van der Waals surface area (Å²) < 4.78 is 5.38. The van der Waals surface area contributed by atoms with Gasteiger partial charge in [0.1, 0.15) is 5.75 Å². The first-order valence-corrected chi connectivity index (χ1v) is 12.6. The first-order valence-electron chi connectivity index (χ1n) is 11.7. The molecule has 0 unspecified atom stereocenters. The van der Waals surface area contributed by atoms with Gasteiger partial charge in [-0.2, -0.15) is 0 Å². The molecule has 3 aliphatic rings. The minimum absolute atomic E-state index is 0.145. The highest BCUT2D eigenvalue weighted by Gasteiger charge is 2.40. The second kappa shape index (κ2) is 9.03. The maximum Gasteiger partial charge on any atom is 0.174 e. The van der Waals surface area contributed by atoms with E-state index in [0.29, 0.717) is 0 Å². The number of hydrogen-bond acceptors (Lipinski definition) is 4. The van der Waals surface area contributed by atoms with Gasteiger partial charge in [-0.1, -0.05) is 72.4 Å². The molecule has 0 radical (unpaired) electrons. The maximum atomic E-state index is 5.38. The summed E-state index contributed by atoms with van der Waals surface area (Å²) in [7, 11) is 1.71. The zero-order valence-corrected chi connectivity index (χ0v) is 20.0. The highest BCUT2D eigenvalue weighted by molar-refractivity contribution is 8.16. The average Bonchev–Trinajstić information content (AvgIpc) is 3.32. The minimum atomic E-state index is 0.145. The Morgan fingerprint density at radius 3 is 2.38 bits per heavy atom. The Kier molecular flexibility index (Phi) is 5.60. The molecule has 34 heavy (non-hydrogen) atoms. The number of hydrogen-bond donors (Lipinski definition) is 0. The van der Waals surface area contributed by atoms with Crippen LogP contribution < -0.4 is 4.74 Å². The van der Waals surface area contributed by atoms with Crippen LogP contribution in [-0.2, 0) is 0 Å². The molecule has 3 nitrogen and oxygen atoms in total. The van der Waals surface area contributed by atoms with E-state index < -0.39 is 0 Å². The van der Waals surface area contributed by atoms with Crippen molar-refractivity contribution < 1.29 is 4.74 Å². The van der Waals surface area contributed by atoms with Crippen LogP contribution in [0.25, 0.3) is 11.8 Å². The second-order valence-corrected chi connectivity index (χ2v) is 9.57. The molecule has 0 saturated heterocycles. The number of thioether (sulfide) groups is 1. The molecule has 0 N–H and O–H groups in total. The maximum absolute atomic E-state index is 5.38. The van der Waals surface area contributed by atoms with Gasteiger partial charge in [-0.15, -0.1) is 0 Å². The lowest BCUT2D eigenvalue weighted by atomic mass is 9.83. The van der Waals surface area contributed by atoms with Gasteiger partial charge in [0.15, 0.2) is 5.17 Å². The second-order valence-electron chi connectivity index (χ2n) is 8.73. The summed E-state index contributed by atoms with van der Waals surface area (Å²) >= 11 is 1.72. The van der Waals surface area contributed by atoms with E-state index in [-0.39, 0.29) is 6.04 Å². The van der Waals surface area contributed by atoms with E-state index in [0.717, 1.165) is 30.2 Å². The number of rotatable bonds is 4. The van der Waals surface area contributed by atoms with Crippen molar-refractivity contribution in [3.63, 3.8) is 0 Å². The summed E-state index contributed by atoms with van der Waals surface area (Å²) in [6.45, 7) is 0. The molecule has 168 valence electrons. The monoisotopic (exact) mass is 462 g/mol. The molecule has 0 fully saturated rings. The fourth-order valence-electron chi connectivity index (χ4n) is 5.07. The molecule has 1 aliphatic carbocycles. The Bertz CT molecular complexity index is 1320. The van der Waals surface area contributed by atoms with Gasteiger partial charge >= 0.3 is 0 Å². The number of benzene rings is 3. The Morgan fingerprint density at radius 2 is 1.65 bits per heavy atom. The Labute approximate surface area is 205 Å². The van der Waals surface area contributed by atoms with Crippen molar-refractivity contribution in [2.24, 2.45) is 4.99 Å². The molecule has 1 atom stereocenters. The predicted octanol–water partition coefficient (Wildman–Crippen LogP) is 7.67. The molecule has 3 aromatic carbocycles. The van der Waals surface area contributed by atoms with Crippen molar-refractivity contribution in [3.8, 4) is 5.75 Å². The molecule has 0 saturated carbocycles. The lowest BCUT2D eigenvalue weighted by Gasteiger charge is -2.40. The number of aliphatic imine (C=N–C) groups is 1. The summed E-state index contributed by atoms with van der Waals surface area (Å²) in [6, 6.07) is 30.0. The van der Waals surface area contributed by atoms with E-state index in [4.69, 9.17) is 9.73 Å². The molecule has 6 rings (SSSR count). The van der Waals surface area contributed by atoms with Crippen LogP contribution in [0, 0.1) is 0 Å². The van der Waals surface area contributed by atoms with Gasteiger partial charge in [-0.3, -0.25) is 0 Å². The molecule has 2 aliphatic heterocycles. The summed E-state index contributed by atoms with van der Waals surface area (Å²) in [5, 5.41) is 3.30. The highest BCUT2D eigenvalue weighted by Crippen LogP contribution is 2.51. The third-order valence-corrected chi connectivity index (χ3v) is 7.52. The smallest absolute Gasteiger partial charge is 0.174 e. The third-order valence-electron chi connectivity index (χ3n) is 6.68. The fraction of sp³-hybridized carbons (Fsp3) is 0.167. The van der Waals surface area contributed by atoms with Crippen molar-refractivity contribution in [2.45, 2.75) is 25.3 Å². The van der Waals surface area contributed by atoms with Crippen molar-refractivity contribution in [3.05, 3.63) is 124 Å². The van der Waals surface area contributed by atoms with E-state index in [1.54, 1.807) is 18.9 Å². The SMILES string of the molecule is COc1ccc(C2=CSC3=NC4=C(CCC/C4=C\c4ccccc4)[C@H](c4ccccc4)N23)cc1. The summed E-state index contributed by atoms with van der Waals surface area (Å²) in [5.74, 6) is 0.870. The van der Waals surface area contributed by atoms with Gasteiger partial charge in [0, 0.05) is 5.41 Å². The van der Waals surface area contributed by atoms with Crippen LogP contribution in [0.4, 0.5) is 0 Å². The normalized spacial score (nSPS) is 20.6. The molecule has 4 heteroatoms. The fourth-order valence-corrected chi connectivity index (χ4v) is 6.00.